The Bertz CT molecular complexity index is 475. The summed E-state index contributed by atoms with van der Waals surface area (Å²) in [6.45, 7) is 1.53. The van der Waals surface area contributed by atoms with Gasteiger partial charge in [-0.25, -0.2) is 8.42 Å². The standard InChI is InChI=1S/C8H13N3O3S/c1-5(15(2,12)13)6-10-7(14-11-6)8(9)3-4-8/h5H,3-4,9H2,1-2H3. The van der Waals surface area contributed by atoms with Gasteiger partial charge in [-0.15, -0.1) is 0 Å². The SMILES string of the molecule is CC(c1noc(C2(N)CC2)n1)S(C)(=O)=O. The lowest BCUT2D eigenvalue weighted by molar-refractivity contribution is 0.344. The number of aromatic nitrogens is 2. The molecule has 0 aromatic carbocycles. The number of nitrogens with two attached hydrogens (primary N) is 1. The lowest BCUT2D eigenvalue weighted by Gasteiger charge is -2.02. The van der Waals surface area contributed by atoms with Crippen molar-refractivity contribution in [2.45, 2.75) is 30.6 Å². The Morgan fingerprint density at radius 2 is 2.13 bits per heavy atom. The summed E-state index contributed by atoms with van der Waals surface area (Å²) in [6.07, 6.45) is 2.76. The zero-order chi connectivity index (χ0) is 11.3. The van der Waals surface area contributed by atoms with Crippen LogP contribution in [0.25, 0.3) is 0 Å². The highest BCUT2D eigenvalue weighted by molar-refractivity contribution is 7.90. The largest absolute Gasteiger partial charge is 0.337 e. The summed E-state index contributed by atoms with van der Waals surface area (Å²) < 4.78 is 27.5. The van der Waals surface area contributed by atoms with Gasteiger partial charge in [0.15, 0.2) is 15.7 Å². The van der Waals surface area contributed by atoms with Gasteiger partial charge in [0.1, 0.15) is 5.25 Å². The molecule has 1 unspecified atom stereocenters. The van der Waals surface area contributed by atoms with Crippen LogP contribution in [-0.2, 0) is 15.4 Å². The van der Waals surface area contributed by atoms with E-state index in [0.29, 0.717) is 5.89 Å². The molecule has 1 aliphatic rings. The lowest BCUT2D eigenvalue weighted by atomic mass is 10.3. The average Bonchev–Trinajstić information content (AvgIpc) is 2.70. The third kappa shape index (κ3) is 1.89. The van der Waals surface area contributed by atoms with Crippen molar-refractivity contribution < 1.29 is 12.9 Å². The number of rotatable bonds is 3. The van der Waals surface area contributed by atoms with Crippen LogP contribution < -0.4 is 5.73 Å². The van der Waals surface area contributed by atoms with Gasteiger partial charge in [-0.05, 0) is 19.8 Å². The topological polar surface area (TPSA) is 99.1 Å². The van der Waals surface area contributed by atoms with Crippen molar-refractivity contribution in [2.24, 2.45) is 5.73 Å². The van der Waals surface area contributed by atoms with Gasteiger partial charge in [0.05, 0.1) is 5.54 Å². The summed E-state index contributed by atoms with van der Waals surface area (Å²) in [7, 11) is -3.19. The minimum Gasteiger partial charge on any atom is -0.337 e. The van der Waals surface area contributed by atoms with Crippen LogP contribution in [0.4, 0.5) is 0 Å². The normalized spacial score (nSPS) is 21.3. The lowest BCUT2D eigenvalue weighted by Crippen LogP contribution is -2.19. The van der Waals surface area contributed by atoms with E-state index in [-0.39, 0.29) is 5.82 Å². The van der Waals surface area contributed by atoms with Gasteiger partial charge in [0, 0.05) is 6.26 Å². The quantitative estimate of drug-likeness (QED) is 0.793. The van der Waals surface area contributed by atoms with Crippen LogP contribution in [0, 0.1) is 0 Å². The molecule has 2 rings (SSSR count). The maximum absolute atomic E-state index is 11.3. The highest BCUT2D eigenvalue weighted by Gasteiger charge is 2.46. The number of hydrogen-bond acceptors (Lipinski definition) is 6. The minimum absolute atomic E-state index is 0.184. The third-order valence-corrected chi connectivity index (χ3v) is 4.16. The van der Waals surface area contributed by atoms with Gasteiger partial charge in [0.2, 0.25) is 5.89 Å². The fourth-order valence-corrected chi connectivity index (χ4v) is 1.62. The average molecular weight is 231 g/mol. The Balaban J connectivity index is 2.28. The Morgan fingerprint density at radius 3 is 2.60 bits per heavy atom. The molecule has 1 atom stereocenters. The Hall–Kier alpha value is -0.950. The molecular weight excluding hydrogens is 218 g/mol. The van der Waals surface area contributed by atoms with E-state index in [1.54, 1.807) is 0 Å². The van der Waals surface area contributed by atoms with Crippen molar-refractivity contribution >= 4 is 9.84 Å². The van der Waals surface area contributed by atoms with Gasteiger partial charge < -0.3 is 10.3 Å². The molecule has 1 aromatic heterocycles. The predicted molar refractivity (Wildman–Crippen MR) is 52.7 cm³/mol. The summed E-state index contributed by atoms with van der Waals surface area (Å²) in [6, 6.07) is 0. The fourth-order valence-electron chi connectivity index (χ4n) is 1.14. The van der Waals surface area contributed by atoms with Crippen molar-refractivity contribution in [3.63, 3.8) is 0 Å². The summed E-state index contributed by atoms with van der Waals surface area (Å²) in [5, 5.41) is 2.89. The minimum atomic E-state index is -3.19. The zero-order valence-corrected chi connectivity index (χ0v) is 9.41. The Kier molecular flexibility index (Phi) is 2.13. The van der Waals surface area contributed by atoms with Crippen LogP contribution >= 0.6 is 0 Å². The van der Waals surface area contributed by atoms with E-state index in [9.17, 15) is 8.42 Å². The number of sulfone groups is 1. The maximum atomic E-state index is 11.3. The van der Waals surface area contributed by atoms with Crippen LogP contribution in [0.1, 0.15) is 36.7 Å². The summed E-state index contributed by atoms with van der Waals surface area (Å²) in [5.41, 5.74) is 5.33. The monoisotopic (exact) mass is 231 g/mol. The number of nitrogens with zero attached hydrogens (tertiary/aromatic N) is 2. The van der Waals surface area contributed by atoms with E-state index in [2.05, 4.69) is 10.1 Å². The van der Waals surface area contributed by atoms with Crippen LogP contribution in [0.5, 0.6) is 0 Å². The summed E-state index contributed by atoms with van der Waals surface area (Å²) in [5.74, 6) is 0.525. The van der Waals surface area contributed by atoms with Crippen molar-refractivity contribution in [3.05, 3.63) is 11.7 Å². The molecule has 2 N–H and O–H groups in total. The molecule has 1 aromatic rings. The summed E-state index contributed by atoms with van der Waals surface area (Å²) in [4.78, 5) is 4.03. The Labute approximate surface area is 87.8 Å². The smallest absolute Gasteiger partial charge is 0.246 e. The van der Waals surface area contributed by atoms with Crippen molar-refractivity contribution in [1.29, 1.82) is 0 Å². The highest BCUT2D eigenvalue weighted by Crippen LogP contribution is 2.41. The molecule has 1 aliphatic carbocycles. The van der Waals surface area contributed by atoms with E-state index in [1.165, 1.54) is 6.92 Å². The molecule has 0 amide bonds. The molecule has 6 nitrogen and oxygen atoms in total. The first-order chi connectivity index (χ1) is 6.83. The maximum Gasteiger partial charge on any atom is 0.246 e. The molecule has 0 spiro atoms. The molecule has 1 heterocycles. The van der Waals surface area contributed by atoms with E-state index >= 15 is 0 Å². The van der Waals surface area contributed by atoms with Crippen LogP contribution in [-0.4, -0.2) is 24.8 Å². The van der Waals surface area contributed by atoms with Crippen molar-refractivity contribution in [1.82, 2.24) is 10.1 Å². The van der Waals surface area contributed by atoms with E-state index in [4.69, 9.17) is 10.3 Å². The molecule has 7 heteroatoms. The molecule has 0 aliphatic heterocycles. The van der Waals surface area contributed by atoms with Gasteiger partial charge in [0.25, 0.3) is 0 Å². The van der Waals surface area contributed by atoms with Gasteiger partial charge in [-0.2, -0.15) is 4.98 Å². The van der Waals surface area contributed by atoms with Gasteiger partial charge in [-0.3, -0.25) is 0 Å². The molecule has 1 saturated carbocycles. The molecule has 84 valence electrons. The van der Waals surface area contributed by atoms with E-state index < -0.39 is 20.6 Å². The zero-order valence-electron chi connectivity index (χ0n) is 8.60. The molecule has 0 radical (unpaired) electrons. The first-order valence-corrected chi connectivity index (χ1v) is 6.60. The van der Waals surface area contributed by atoms with Crippen molar-refractivity contribution in [2.75, 3.05) is 6.26 Å². The second kappa shape index (κ2) is 3.02. The van der Waals surface area contributed by atoms with E-state index in [0.717, 1.165) is 19.1 Å². The molecule has 15 heavy (non-hydrogen) atoms. The number of hydrogen-bond donors (Lipinski definition) is 1. The third-order valence-electron chi connectivity index (χ3n) is 2.66. The fraction of sp³-hybridized carbons (Fsp3) is 0.750. The van der Waals surface area contributed by atoms with Crippen LogP contribution in [0.3, 0.4) is 0 Å². The molecule has 0 bridgehead atoms. The first-order valence-electron chi connectivity index (χ1n) is 4.65. The second-order valence-corrected chi connectivity index (χ2v) is 6.45. The highest BCUT2D eigenvalue weighted by atomic mass is 32.2. The molecular formula is C8H13N3O3S. The van der Waals surface area contributed by atoms with Crippen molar-refractivity contribution in [3.8, 4) is 0 Å². The molecule has 1 fully saturated rings. The molecule has 0 saturated heterocycles. The first kappa shape index (κ1) is 10.6. The predicted octanol–water partition coefficient (Wildman–Crippen LogP) is 0.123. The second-order valence-electron chi connectivity index (χ2n) is 4.09. The van der Waals surface area contributed by atoms with Gasteiger partial charge >= 0.3 is 0 Å². The van der Waals surface area contributed by atoms with E-state index in [1.807, 2.05) is 0 Å². The van der Waals surface area contributed by atoms with Crippen LogP contribution in [0.2, 0.25) is 0 Å². The van der Waals surface area contributed by atoms with Crippen LogP contribution in [0.15, 0.2) is 4.52 Å². The summed E-state index contributed by atoms with van der Waals surface area (Å²) >= 11 is 0. The van der Waals surface area contributed by atoms with Gasteiger partial charge in [-0.1, -0.05) is 5.16 Å². The Morgan fingerprint density at radius 1 is 1.53 bits per heavy atom.